The molecule has 1 aromatic carbocycles. The number of nitrogens with one attached hydrogen (secondary N) is 1. The van der Waals surface area contributed by atoms with Crippen LogP contribution in [-0.2, 0) is 11.8 Å². The number of nitrogens with zero attached hydrogens (tertiary/aromatic N) is 5. The highest BCUT2D eigenvalue weighted by molar-refractivity contribution is 6.13. The van der Waals surface area contributed by atoms with Gasteiger partial charge in [0.2, 0.25) is 0 Å². The number of aromatic nitrogens is 4. The predicted octanol–water partition coefficient (Wildman–Crippen LogP) is 2.24. The number of anilines is 2. The summed E-state index contributed by atoms with van der Waals surface area (Å²) in [6.45, 7) is 2.34. The van der Waals surface area contributed by atoms with E-state index in [1.807, 2.05) is 37.5 Å². The van der Waals surface area contributed by atoms with Crippen molar-refractivity contribution in [2.75, 3.05) is 30.3 Å². The van der Waals surface area contributed by atoms with Gasteiger partial charge < -0.3 is 15.4 Å². The van der Waals surface area contributed by atoms with Crippen LogP contribution in [0.2, 0.25) is 0 Å². The van der Waals surface area contributed by atoms with Gasteiger partial charge in [-0.25, -0.2) is 9.97 Å². The van der Waals surface area contributed by atoms with E-state index >= 15 is 0 Å². The van der Waals surface area contributed by atoms with Gasteiger partial charge in [-0.2, -0.15) is 5.10 Å². The molecule has 0 bridgehead atoms. The molecule has 2 aliphatic rings. The second kappa shape index (κ2) is 6.66. The summed E-state index contributed by atoms with van der Waals surface area (Å²) in [5, 5.41) is 13.0. The summed E-state index contributed by atoms with van der Waals surface area (Å²) in [6, 6.07) is 7.56. The van der Waals surface area contributed by atoms with Gasteiger partial charge in [0.1, 0.15) is 12.1 Å². The maximum absolute atomic E-state index is 8.74. The summed E-state index contributed by atoms with van der Waals surface area (Å²) < 4.78 is 7.65. The first-order valence-electron chi connectivity index (χ1n) is 9.72. The van der Waals surface area contributed by atoms with Gasteiger partial charge in [-0.15, -0.1) is 0 Å². The molecule has 29 heavy (non-hydrogen) atoms. The Balaban J connectivity index is 1.45. The van der Waals surface area contributed by atoms with Crippen LogP contribution < -0.4 is 10.6 Å². The second-order valence-corrected chi connectivity index (χ2v) is 7.79. The molecule has 8 heteroatoms. The third kappa shape index (κ3) is 3.36. The molecule has 3 heterocycles. The van der Waals surface area contributed by atoms with Crippen molar-refractivity contribution < 1.29 is 4.74 Å². The fourth-order valence-electron chi connectivity index (χ4n) is 3.80. The molecule has 0 amide bonds. The normalized spacial score (nSPS) is 17.5. The van der Waals surface area contributed by atoms with E-state index in [0.717, 1.165) is 42.9 Å². The van der Waals surface area contributed by atoms with Crippen molar-refractivity contribution in [1.82, 2.24) is 19.7 Å². The summed E-state index contributed by atoms with van der Waals surface area (Å²) in [5.41, 5.74) is 10.2. The topological polar surface area (TPSA) is 106 Å². The minimum atomic E-state index is 0.0132. The number of rotatable bonds is 4. The molecular weight excluding hydrogens is 366 g/mol. The maximum atomic E-state index is 8.74. The van der Waals surface area contributed by atoms with Gasteiger partial charge >= 0.3 is 0 Å². The molecule has 0 radical (unpaired) electrons. The first-order chi connectivity index (χ1) is 14.0. The zero-order valence-electron chi connectivity index (χ0n) is 16.3. The molecule has 0 unspecified atom stereocenters. The third-order valence-electron chi connectivity index (χ3n) is 5.65. The van der Waals surface area contributed by atoms with Gasteiger partial charge in [-0.3, -0.25) is 10.1 Å². The average molecular weight is 389 g/mol. The molecule has 1 aliphatic carbocycles. The number of hydrogen-bond donors (Lipinski definition) is 2. The third-order valence-corrected chi connectivity index (χ3v) is 5.65. The van der Waals surface area contributed by atoms with Gasteiger partial charge in [0.25, 0.3) is 0 Å². The number of benzene rings is 1. The zero-order valence-corrected chi connectivity index (χ0v) is 16.3. The molecule has 5 rings (SSSR count). The summed E-state index contributed by atoms with van der Waals surface area (Å²) >= 11 is 0. The first kappa shape index (κ1) is 17.8. The SMILES string of the molecule is Cn1cc(-c2ccc(N)c(C(=N)c3cc(N4CCOC5(CC5)C4)ncn3)c2)cn1. The number of ether oxygens (including phenoxy) is 1. The lowest BCUT2D eigenvalue weighted by Gasteiger charge is -2.34. The fraction of sp³-hybridized carbons (Fsp3) is 0.333. The largest absolute Gasteiger partial charge is 0.398 e. The lowest BCUT2D eigenvalue weighted by atomic mass is 9.99. The predicted molar refractivity (Wildman–Crippen MR) is 111 cm³/mol. The van der Waals surface area contributed by atoms with Crippen molar-refractivity contribution in [3.63, 3.8) is 0 Å². The highest BCUT2D eigenvalue weighted by Crippen LogP contribution is 2.42. The van der Waals surface area contributed by atoms with Crippen molar-refractivity contribution in [3.05, 3.63) is 54.2 Å². The Morgan fingerprint density at radius 1 is 1.21 bits per heavy atom. The van der Waals surface area contributed by atoms with Crippen LogP contribution in [0.3, 0.4) is 0 Å². The molecule has 1 aliphatic heterocycles. The molecule has 2 fully saturated rings. The Morgan fingerprint density at radius 3 is 2.83 bits per heavy atom. The molecular formula is C21H23N7O. The Bertz CT molecular complexity index is 1090. The zero-order chi connectivity index (χ0) is 20.0. The lowest BCUT2D eigenvalue weighted by molar-refractivity contribution is 0.0203. The van der Waals surface area contributed by atoms with E-state index in [-0.39, 0.29) is 11.3 Å². The molecule has 1 saturated carbocycles. The van der Waals surface area contributed by atoms with Gasteiger partial charge in [-0.05, 0) is 30.5 Å². The summed E-state index contributed by atoms with van der Waals surface area (Å²) in [4.78, 5) is 11.0. The van der Waals surface area contributed by atoms with Crippen molar-refractivity contribution in [1.29, 1.82) is 5.41 Å². The fourth-order valence-corrected chi connectivity index (χ4v) is 3.80. The van der Waals surface area contributed by atoms with Crippen molar-refractivity contribution in [2.24, 2.45) is 7.05 Å². The van der Waals surface area contributed by atoms with E-state index in [9.17, 15) is 0 Å². The smallest absolute Gasteiger partial charge is 0.132 e. The van der Waals surface area contributed by atoms with Crippen LogP contribution in [0.15, 0.2) is 43.0 Å². The maximum Gasteiger partial charge on any atom is 0.132 e. The number of nitrogen functional groups attached to an aromatic ring is 1. The molecule has 8 nitrogen and oxygen atoms in total. The Kier molecular flexibility index (Phi) is 4.09. The Hall–Kier alpha value is -3.26. The molecule has 2 aromatic heterocycles. The summed E-state index contributed by atoms with van der Waals surface area (Å²) in [7, 11) is 1.88. The van der Waals surface area contributed by atoms with Gasteiger partial charge in [-0.1, -0.05) is 6.07 Å². The molecule has 3 aromatic rings. The van der Waals surface area contributed by atoms with E-state index in [1.165, 1.54) is 6.33 Å². The van der Waals surface area contributed by atoms with Crippen LogP contribution in [0.5, 0.6) is 0 Å². The standard InChI is InChI=1S/C21H23N7O/c1-27-11-15(10-26-27)14-2-3-17(22)16(8-14)20(23)18-9-19(25-13-24-18)28-6-7-29-21(12-28)4-5-21/h2-3,8-11,13,23H,4-7,12,22H2,1H3. The Labute approximate surface area is 168 Å². The van der Waals surface area contributed by atoms with Crippen molar-refractivity contribution in [3.8, 4) is 11.1 Å². The van der Waals surface area contributed by atoms with Crippen LogP contribution in [0.4, 0.5) is 11.5 Å². The number of hydrogen-bond acceptors (Lipinski definition) is 7. The molecule has 1 spiro atoms. The molecule has 3 N–H and O–H groups in total. The molecule has 1 saturated heterocycles. The highest BCUT2D eigenvalue weighted by Gasteiger charge is 2.47. The molecule has 148 valence electrons. The monoisotopic (exact) mass is 389 g/mol. The minimum Gasteiger partial charge on any atom is -0.398 e. The van der Waals surface area contributed by atoms with Crippen LogP contribution in [-0.4, -0.2) is 50.8 Å². The van der Waals surface area contributed by atoms with Gasteiger partial charge in [0, 0.05) is 49.2 Å². The minimum absolute atomic E-state index is 0.0132. The van der Waals surface area contributed by atoms with Crippen molar-refractivity contribution >= 4 is 17.2 Å². The average Bonchev–Trinajstić information content (AvgIpc) is 3.33. The van der Waals surface area contributed by atoms with E-state index in [1.54, 1.807) is 10.9 Å². The lowest BCUT2D eigenvalue weighted by Crippen LogP contribution is -2.44. The number of nitrogens with two attached hydrogens (primary N) is 1. The number of morpholine rings is 1. The van der Waals surface area contributed by atoms with Crippen LogP contribution in [0, 0.1) is 5.41 Å². The van der Waals surface area contributed by atoms with Crippen molar-refractivity contribution in [2.45, 2.75) is 18.4 Å². The van der Waals surface area contributed by atoms with E-state index in [0.29, 0.717) is 23.6 Å². The van der Waals surface area contributed by atoms with Crippen LogP contribution in [0.25, 0.3) is 11.1 Å². The quantitative estimate of drug-likeness (QED) is 0.524. The highest BCUT2D eigenvalue weighted by atomic mass is 16.5. The Morgan fingerprint density at radius 2 is 2.07 bits per heavy atom. The number of aryl methyl sites for hydroxylation is 1. The van der Waals surface area contributed by atoms with Crippen LogP contribution in [0.1, 0.15) is 24.1 Å². The summed E-state index contributed by atoms with van der Waals surface area (Å²) in [6.07, 6.45) is 7.47. The molecule has 0 atom stereocenters. The van der Waals surface area contributed by atoms with Gasteiger partial charge in [0.15, 0.2) is 0 Å². The van der Waals surface area contributed by atoms with E-state index < -0.39 is 0 Å². The summed E-state index contributed by atoms with van der Waals surface area (Å²) in [5.74, 6) is 0.830. The van der Waals surface area contributed by atoms with Crippen LogP contribution >= 0.6 is 0 Å². The first-order valence-corrected chi connectivity index (χ1v) is 9.72. The second-order valence-electron chi connectivity index (χ2n) is 7.79. The van der Waals surface area contributed by atoms with Gasteiger partial charge in [0.05, 0.1) is 29.8 Å². The van der Waals surface area contributed by atoms with E-state index in [4.69, 9.17) is 15.9 Å². The van der Waals surface area contributed by atoms with E-state index in [2.05, 4.69) is 20.0 Å².